The quantitative estimate of drug-likeness (QED) is 0.419. The number of esters is 1. The van der Waals surface area contributed by atoms with Crippen molar-refractivity contribution in [1.29, 1.82) is 0 Å². The van der Waals surface area contributed by atoms with Crippen LogP contribution < -0.4 is 10.5 Å². The standard InChI is InChI=1S/C19H21ClN2O5S2/c20-16-3-1-2-4-17(16)28-12-10-19(24)27-13-18(23)22-11-9-14-5-7-15(8-6-14)29(21,25)26/h1-8H,9-13H2,(H,22,23)(H2,21,25,26). The molecule has 156 valence electrons. The zero-order valence-electron chi connectivity index (χ0n) is 15.5. The Morgan fingerprint density at radius 2 is 1.79 bits per heavy atom. The third kappa shape index (κ3) is 8.45. The van der Waals surface area contributed by atoms with Crippen LogP contribution in [0, 0.1) is 0 Å². The zero-order chi connectivity index (χ0) is 21.3. The number of hydrogen-bond donors (Lipinski definition) is 2. The predicted octanol–water partition coefficient (Wildman–Crippen LogP) is 2.37. The number of hydrogen-bond acceptors (Lipinski definition) is 6. The van der Waals surface area contributed by atoms with Crippen LogP contribution in [0.5, 0.6) is 0 Å². The molecular formula is C19H21ClN2O5S2. The molecule has 0 radical (unpaired) electrons. The van der Waals surface area contributed by atoms with E-state index in [2.05, 4.69) is 5.32 Å². The number of nitrogens with two attached hydrogens (primary N) is 1. The number of nitrogens with one attached hydrogen (secondary N) is 1. The van der Waals surface area contributed by atoms with Gasteiger partial charge in [0.05, 0.1) is 16.3 Å². The van der Waals surface area contributed by atoms with Crippen LogP contribution in [0.2, 0.25) is 5.02 Å². The Labute approximate surface area is 179 Å². The molecule has 1 amide bonds. The van der Waals surface area contributed by atoms with E-state index in [1.165, 1.54) is 23.9 Å². The van der Waals surface area contributed by atoms with Gasteiger partial charge in [0.15, 0.2) is 6.61 Å². The lowest BCUT2D eigenvalue weighted by atomic mass is 10.1. The lowest BCUT2D eigenvalue weighted by molar-refractivity contribution is -0.148. The highest BCUT2D eigenvalue weighted by molar-refractivity contribution is 7.99. The van der Waals surface area contributed by atoms with Crippen molar-refractivity contribution in [1.82, 2.24) is 5.32 Å². The van der Waals surface area contributed by atoms with Crippen molar-refractivity contribution >= 4 is 45.3 Å². The highest BCUT2D eigenvalue weighted by Gasteiger charge is 2.09. The molecule has 0 unspecified atom stereocenters. The molecule has 2 aromatic carbocycles. The largest absolute Gasteiger partial charge is 0.456 e. The third-order valence-electron chi connectivity index (χ3n) is 3.75. The van der Waals surface area contributed by atoms with Gasteiger partial charge in [0, 0.05) is 17.2 Å². The molecule has 0 atom stereocenters. The molecule has 0 aliphatic heterocycles. The molecule has 0 aliphatic rings. The second-order valence-electron chi connectivity index (χ2n) is 5.98. The summed E-state index contributed by atoms with van der Waals surface area (Å²) in [6, 6.07) is 13.4. The molecule has 0 fully saturated rings. The summed E-state index contributed by atoms with van der Waals surface area (Å²) in [7, 11) is -3.72. The van der Waals surface area contributed by atoms with Crippen molar-refractivity contribution in [2.24, 2.45) is 5.14 Å². The van der Waals surface area contributed by atoms with E-state index >= 15 is 0 Å². The summed E-state index contributed by atoms with van der Waals surface area (Å²) in [4.78, 5) is 24.4. The molecule has 3 N–H and O–H groups in total. The summed E-state index contributed by atoms with van der Waals surface area (Å²) in [6.45, 7) is -0.0204. The molecule has 29 heavy (non-hydrogen) atoms. The zero-order valence-corrected chi connectivity index (χ0v) is 17.9. The van der Waals surface area contributed by atoms with Gasteiger partial charge < -0.3 is 10.1 Å². The Morgan fingerprint density at radius 3 is 2.45 bits per heavy atom. The Hall–Kier alpha value is -2.07. The molecule has 0 heterocycles. The van der Waals surface area contributed by atoms with Crippen LogP contribution in [0.3, 0.4) is 0 Å². The smallest absolute Gasteiger partial charge is 0.307 e. The number of ether oxygens (including phenoxy) is 1. The summed E-state index contributed by atoms with van der Waals surface area (Å²) in [6.07, 6.45) is 0.665. The Kier molecular flexibility index (Phi) is 8.97. The fraction of sp³-hybridized carbons (Fsp3) is 0.263. The highest BCUT2D eigenvalue weighted by atomic mass is 35.5. The molecule has 0 saturated heterocycles. The van der Waals surface area contributed by atoms with Crippen LogP contribution in [0.25, 0.3) is 0 Å². The normalized spacial score (nSPS) is 11.1. The number of thioether (sulfide) groups is 1. The molecule has 0 aliphatic carbocycles. The van der Waals surface area contributed by atoms with Gasteiger partial charge in [-0.05, 0) is 36.2 Å². The molecule has 0 aromatic heterocycles. The lowest BCUT2D eigenvalue weighted by Gasteiger charge is -2.07. The van der Waals surface area contributed by atoms with E-state index in [0.29, 0.717) is 23.7 Å². The fourth-order valence-corrected chi connectivity index (χ4v) is 3.95. The van der Waals surface area contributed by atoms with Crippen molar-refractivity contribution in [3.8, 4) is 0 Å². The maximum Gasteiger partial charge on any atom is 0.307 e. The first-order valence-electron chi connectivity index (χ1n) is 8.67. The van der Waals surface area contributed by atoms with Crippen LogP contribution >= 0.6 is 23.4 Å². The summed E-state index contributed by atoms with van der Waals surface area (Å²) >= 11 is 7.49. The Balaban J connectivity index is 1.61. The van der Waals surface area contributed by atoms with E-state index in [4.69, 9.17) is 21.5 Å². The van der Waals surface area contributed by atoms with Gasteiger partial charge in [-0.25, -0.2) is 13.6 Å². The van der Waals surface area contributed by atoms with Crippen LogP contribution in [-0.4, -0.2) is 39.2 Å². The van der Waals surface area contributed by atoms with Crippen molar-refractivity contribution in [2.75, 3.05) is 18.9 Å². The van der Waals surface area contributed by atoms with Gasteiger partial charge in [0.2, 0.25) is 10.0 Å². The predicted molar refractivity (Wildman–Crippen MR) is 112 cm³/mol. The number of primary sulfonamides is 1. The second-order valence-corrected chi connectivity index (χ2v) is 9.08. The van der Waals surface area contributed by atoms with E-state index in [1.807, 2.05) is 18.2 Å². The minimum atomic E-state index is -3.72. The van der Waals surface area contributed by atoms with E-state index in [-0.39, 0.29) is 17.9 Å². The number of amides is 1. The van der Waals surface area contributed by atoms with E-state index < -0.39 is 21.9 Å². The van der Waals surface area contributed by atoms with Gasteiger partial charge in [-0.3, -0.25) is 9.59 Å². The molecule has 0 bridgehead atoms. The number of carbonyl (C=O) groups is 2. The van der Waals surface area contributed by atoms with Crippen LogP contribution in [0.4, 0.5) is 0 Å². The summed E-state index contributed by atoms with van der Waals surface area (Å²) < 4.78 is 27.3. The van der Waals surface area contributed by atoms with Crippen molar-refractivity contribution in [3.05, 3.63) is 59.1 Å². The highest BCUT2D eigenvalue weighted by Crippen LogP contribution is 2.26. The molecule has 2 aromatic rings. The lowest BCUT2D eigenvalue weighted by Crippen LogP contribution is -2.30. The second kappa shape index (κ2) is 11.2. The number of sulfonamides is 1. The first kappa shape index (κ1) is 23.2. The van der Waals surface area contributed by atoms with Crippen molar-refractivity contribution < 1.29 is 22.7 Å². The molecule has 0 saturated carbocycles. The summed E-state index contributed by atoms with van der Waals surface area (Å²) in [5, 5.41) is 8.31. The van der Waals surface area contributed by atoms with Gasteiger partial charge in [-0.15, -0.1) is 11.8 Å². The van der Waals surface area contributed by atoms with Gasteiger partial charge in [0.1, 0.15) is 0 Å². The number of carbonyl (C=O) groups excluding carboxylic acids is 2. The molecule has 10 heteroatoms. The van der Waals surface area contributed by atoms with Gasteiger partial charge in [0.25, 0.3) is 5.91 Å². The Morgan fingerprint density at radius 1 is 1.10 bits per heavy atom. The first-order chi connectivity index (χ1) is 13.8. The van der Waals surface area contributed by atoms with E-state index in [9.17, 15) is 18.0 Å². The van der Waals surface area contributed by atoms with E-state index in [1.54, 1.807) is 18.2 Å². The van der Waals surface area contributed by atoms with Crippen molar-refractivity contribution in [3.63, 3.8) is 0 Å². The van der Waals surface area contributed by atoms with E-state index in [0.717, 1.165) is 10.5 Å². The molecular weight excluding hydrogens is 436 g/mol. The van der Waals surface area contributed by atoms with Crippen LogP contribution in [0.15, 0.2) is 58.3 Å². The monoisotopic (exact) mass is 456 g/mol. The van der Waals surface area contributed by atoms with Crippen molar-refractivity contribution in [2.45, 2.75) is 22.6 Å². The van der Waals surface area contributed by atoms with Gasteiger partial charge in [-0.2, -0.15) is 0 Å². The molecule has 7 nitrogen and oxygen atoms in total. The average Bonchev–Trinajstić information content (AvgIpc) is 2.67. The fourth-order valence-electron chi connectivity index (χ4n) is 2.27. The molecule has 0 spiro atoms. The summed E-state index contributed by atoms with van der Waals surface area (Å²) in [5.41, 5.74) is 0.839. The number of rotatable bonds is 10. The van der Waals surface area contributed by atoms with Crippen LogP contribution in [-0.2, 0) is 30.8 Å². The third-order valence-corrected chi connectivity index (χ3v) is 6.20. The van der Waals surface area contributed by atoms with Gasteiger partial charge in [-0.1, -0.05) is 35.9 Å². The summed E-state index contributed by atoms with van der Waals surface area (Å²) in [5.74, 6) is -0.366. The SMILES string of the molecule is NS(=O)(=O)c1ccc(CCNC(=O)COC(=O)CCSc2ccccc2Cl)cc1. The maximum atomic E-state index is 11.8. The maximum absolute atomic E-state index is 11.8. The topological polar surface area (TPSA) is 116 Å². The average molecular weight is 457 g/mol. The Bertz CT molecular complexity index is 949. The molecule has 2 rings (SSSR count). The first-order valence-corrected chi connectivity index (χ1v) is 11.6. The number of halogens is 1. The van der Waals surface area contributed by atoms with Crippen LogP contribution in [0.1, 0.15) is 12.0 Å². The van der Waals surface area contributed by atoms with Gasteiger partial charge >= 0.3 is 5.97 Å². The minimum absolute atomic E-state index is 0.0323. The number of benzene rings is 2. The minimum Gasteiger partial charge on any atom is -0.456 e.